The van der Waals surface area contributed by atoms with Gasteiger partial charge in [0, 0.05) is 32.9 Å². The average Bonchev–Trinajstić information content (AvgIpc) is 3.61. The molecule has 212 valence electrons. The maximum atomic E-state index is 2.37. The molecule has 0 radical (unpaired) electrons. The molecule has 0 fully saturated rings. The molecule has 0 spiro atoms. The zero-order valence-corrected chi connectivity index (χ0v) is 25.0. The van der Waals surface area contributed by atoms with Crippen LogP contribution in [0.15, 0.2) is 164 Å². The fourth-order valence-corrected chi connectivity index (χ4v) is 7.25. The second-order valence-corrected chi connectivity index (χ2v) is 11.8. The lowest BCUT2D eigenvalue weighted by Gasteiger charge is -2.13. The maximum absolute atomic E-state index is 2.37. The Morgan fingerprint density at radius 1 is 0.333 bits per heavy atom. The van der Waals surface area contributed by atoms with Crippen LogP contribution in [0.4, 0.5) is 0 Å². The molecule has 9 rings (SSSR count). The van der Waals surface area contributed by atoms with Crippen molar-refractivity contribution in [3.05, 3.63) is 169 Å². The summed E-state index contributed by atoms with van der Waals surface area (Å²) >= 11 is 0. The minimum absolute atomic E-state index is 1.18. The first kappa shape index (κ1) is 25.6. The van der Waals surface area contributed by atoms with Crippen LogP contribution >= 0.6 is 0 Å². The smallest absolute Gasteiger partial charge is 0.0541 e. The Labute approximate surface area is 262 Å². The van der Waals surface area contributed by atoms with Crippen LogP contribution in [-0.4, -0.2) is 9.13 Å². The Hall–Kier alpha value is -5.86. The lowest BCUT2D eigenvalue weighted by atomic mass is 9.91. The topological polar surface area (TPSA) is 9.86 Å². The maximum Gasteiger partial charge on any atom is 0.0541 e. The third-order valence-electron chi connectivity index (χ3n) is 9.33. The molecule has 2 nitrogen and oxygen atoms in total. The number of nitrogens with zero attached hydrogens (tertiary/aromatic N) is 2. The summed E-state index contributed by atoms with van der Waals surface area (Å²) < 4.78 is 4.75. The molecule has 0 aliphatic rings. The van der Waals surface area contributed by atoms with E-state index in [2.05, 4.69) is 180 Å². The van der Waals surface area contributed by atoms with E-state index in [1.807, 2.05) is 0 Å². The van der Waals surface area contributed by atoms with Gasteiger partial charge in [-0.3, -0.25) is 0 Å². The summed E-state index contributed by atoms with van der Waals surface area (Å²) in [4.78, 5) is 0. The van der Waals surface area contributed by atoms with Crippen LogP contribution in [0, 0.1) is 6.92 Å². The van der Waals surface area contributed by atoms with Crippen molar-refractivity contribution in [2.45, 2.75) is 6.92 Å². The van der Waals surface area contributed by atoms with Crippen molar-refractivity contribution in [2.75, 3.05) is 0 Å². The third-order valence-corrected chi connectivity index (χ3v) is 9.33. The molecule has 45 heavy (non-hydrogen) atoms. The second kappa shape index (κ2) is 10.1. The van der Waals surface area contributed by atoms with Crippen molar-refractivity contribution < 1.29 is 0 Å². The Balaban J connectivity index is 1.21. The molecule has 0 aliphatic heterocycles. The van der Waals surface area contributed by atoms with Crippen molar-refractivity contribution >= 4 is 43.6 Å². The fraction of sp³-hybridized carbons (Fsp3) is 0.0233. The van der Waals surface area contributed by atoms with E-state index in [-0.39, 0.29) is 0 Å². The Morgan fingerprint density at radius 3 is 1.20 bits per heavy atom. The molecule has 0 N–H and O–H groups in total. The van der Waals surface area contributed by atoms with Gasteiger partial charge in [-0.1, -0.05) is 103 Å². The highest BCUT2D eigenvalue weighted by atomic mass is 15.0. The van der Waals surface area contributed by atoms with Crippen molar-refractivity contribution in [3.63, 3.8) is 0 Å². The zero-order valence-electron chi connectivity index (χ0n) is 25.0. The quantitative estimate of drug-likeness (QED) is 0.198. The normalized spacial score (nSPS) is 11.7. The van der Waals surface area contributed by atoms with E-state index in [0.29, 0.717) is 0 Å². The molecule has 0 atom stereocenters. The van der Waals surface area contributed by atoms with Gasteiger partial charge in [-0.05, 0) is 95.4 Å². The summed E-state index contributed by atoms with van der Waals surface area (Å²) in [6.07, 6.45) is 0. The van der Waals surface area contributed by atoms with Crippen LogP contribution in [0.5, 0.6) is 0 Å². The molecule has 0 bridgehead atoms. The molecule has 0 saturated carbocycles. The molecule has 2 heterocycles. The van der Waals surface area contributed by atoms with Gasteiger partial charge in [0.15, 0.2) is 0 Å². The van der Waals surface area contributed by atoms with Gasteiger partial charge in [0.1, 0.15) is 0 Å². The highest BCUT2D eigenvalue weighted by Gasteiger charge is 2.16. The van der Waals surface area contributed by atoms with Crippen LogP contribution in [-0.2, 0) is 0 Å². The van der Waals surface area contributed by atoms with E-state index in [1.54, 1.807) is 0 Å². The van der Waals surface area contributed by atoms with Gasteiger partial charge in [-0.2, -0.15) is 0 Å². The molecule has 7 aromatic carbocycles. The minimum atomic E-state index is 1.18. The van der Waals surface area contributed by atoms with Gasteiger partial charge in [-0.25, -0.2) is 0 Å². The first-order valence-corrected chi connectivity index (χ1v) is 15.5. The van der Waals surface area contributed by atoms with Gasteiger partial charge in [0.05, 0.1) is 22.1 Å². The van der Waals surface area contributed by atoms with Crippen LogP contribution in [0.3, 0.4) is 0 Å². The molecule has 9 aromatic rings. The van der Waals surface area contributed by atoms with E-state index in [1.165, 1.54) is 82.8 Å². The predicted molar refractivity (Wildman–Crippen MR) is 191 cm³/mol. The van der Waals surface area contributed by atoms with Gasteiger partial charge in [0.25, 0.3) is 0 Å². The van der Waals surface area contributed by atoms with Crippen molar-refractivity contribution in [1.29, 1.82) is 0 Å². The largest absolute Gasteiger partial charge is 0.309 e. The van der Waals surface area contributed by atoms with E-state index in [0.717, 1.165) is 0 Å². The molecule has 2 aromatic heterocycles. The molecule has 2 heteroatoms. The van der Waals surface area contributed by atoms with E-state index in [4.69, 9.17) is 0 Å². The second-order valence-electron chi connectivity index (χ2n) is 11.8. The average molecular weight is 575 g/mol. The molecule has 0 aliphatic carbocycles. The standard InChI is InChI=1S/C43H30N2/c1-29-34(30-23-25-42-38(27-30)36-17-8-10-21-40(36)44(42)32-13-4-2-5-14-32)19-12-20-35(29)31-24-26-43-39(28-31)37-18-9-11-22-41(37)45(43)33-15-6-3-7-16-33/h2-28H,1H3. The van der Waals surface area contributed by atoms with Crippen LogP contribution in [0.25, 0.3) is 77.2 Å². The number of fused-ring (bicyclic) bond motifs is 6. The van der Waals surface area contributed by atoms with Crippen molar-refractivity contribution in [1.82, 2.24) is 9.13 Å². The molecule has 0 amide bonds. The zero-order chi connectivity index (χ0) is 29.9. The summed E-state index contributed by atoms with van der Waals surface area (Å²) in [6, 6.07) is 59.4. The monoisotopic (exact) mass is 574 g/mol. The Kier molecular flexibility index (Phi) is 5.76. The summed E-state index contributed by atoms with van der Waals surface area (Å²) in [5, 5.41) is 5.08. The predicted octanol–water partition coefficient (Wildman–Crippen LogP) is 11.5. The fourth-order valence-electron chi connectivity index (χ4n) is 7.25. The summed E-state index contributed by atoms with van der Waals surface area (Å²) in [5.74, 6) is 0. The molecular weight excluding hydrogens is 544 g/mol. The van der Waals surface area contributed by atoms with E-state index >= 15 is 0 Å². The summed E-state index contributed by atoms with van der Waals surface area (Å²) in [5.41, 5.74) is 13.5. The molecular formula is C43H30N2. The van der Waals surface area contributed by atoms with Gasteiger partial charge in [-0.15, -0.1) is 0 Å². The SMILES string of the molecule is Cc1c(-c2ccc3c(c2)c2ccccc2n3-c2ccccc2)cccc1-c1ccc2c(c1)c1ccccc1n2-c1ccccc1. The van der Waals surface area contributed by atoms with Gasteiger partial charge >= 0.3 is 0 Å². The minimum Gasteiger partial charge on any atom is -0.309 e. The van der Waals surface area contributed by atoms with E-state index in [9.17, 15) is 0 Å². The summed E-state index contributed by atoms with van der Waals surface area (Å²) in [7, 11) is 0. The molecule has 0 saturated heterocycles. The van der Waals surface area contributed by atoms with Crippen LogP contribution in [0.1, 0.15) is 5.56 Å². The highest BCUT2D eigenvalue weighted by molar-refractivity contribution is 6.12. The Bertz CT molecular complexity index is 2360. The molecule has 0 unspecified atom stereocenters. The third kappa shape index (κ3) is 3.96. The van der Waals surface area contributed by atoms with Crippen LogP contribution in [0.2, 0.25) is 0 Å². The first-order valence-electron chi connectivity index (χ1n) is 15.5. The van der Waals surface area contributed by atoms with Crippen molar-refractivity contribution in [3.8, 4) is 33.6 Å². The lowest BCUT2D eigenvalue weighted by molar-refractivity contribution is 1.18. The Morgan fingerprint density at radius 2 is 0.733 bits per heavy atom. The number of hydrogen-bond acceptors (Lipinski definition) is 0. The lowest BCUT2D eigenvalue weighted by Crippen LogP contribution is -1.93. The number of aromatic nitrogens is 2. The van der Waals surface area contributed by atoms with Gasteiger partial charge in [0.2, 0.25) is 0 Å². The number of hydrogen-bond donors (Lipinski definition) is 0. The number of rotatable bonds is 4. The number of para-hydroxylation sites is 4. The van der Waals surface area contributed by atoms with Crippen molar-refractivity contribution in [2.24, 2.45) is 0 Å². The van der Waals surface area contributed by atoms with E-state index < -0.39 is 0 Å². The van der Waals surface area contributed by atoms with Gasteiger partial charge < -0.3 is 9.13 Å². The first-order chi connectivity index (χ1) is 22.3. The summed E-state index contributed by atoms with van der Waals surface area (Å²) in [6.45, 7) is 2.26. The highest BCUT2D eigenvalue weighted by Crippen LogP contribution is 2.39. The number of benzene rings is 7. The van der Waals surface area contributed by atoms with Crippen LogP contribution < -0.4 is 0 Å².